The van der Waals surface area contributed by atoms with E-state index in [0.717, 1.165) is 0 Å². The summed E-state index contributed by atoms with van der Waals surface area (Å²) < 4.78 is 0. The van der Waals surface area contributed by atoms with E-state index in [1.807, 2.05) is 10.6 Å². The van der Waals surface area contributed by atoms with Crippen LogP contribution in [0.1, 0.15) is 6.42 Å². The van der Waals surface area contributed by atoms with Crippen LogP contribution in [-0.2, 0) is 24.0 Å². The van der Waals surface area contributed by atoms with E-state index in [-0.39, 0.29) is 11.9 Å². The molecule has 2 aliphatic heterocycles. The highest BCUT2D eigenvalue weighted by Crippen LogP contribution is 2.13. The first-order valence-electron chi connectivity index (χ1n) is 7.17. The fourth-order valence-corrected chi connectivity index (χ4v) is 1.53. The first kappa shape index (κ1) is 25.9. The predicted molar refractivity (Wildman–Crippen MR) is 91.4 cm³/mol. The molecule has 2 saturated heterocycles. The van der Waals surface area contributed by atoms with Gasteiger partial charge in [-0.05, 0) is 5.18 Å². The first-order chi connectivity index (χ1) is 13.9. The molecule has 0 bridgehead atoms. The summed E-state index contributed by atoms with van der Waals surface area (Å²) in [5.74, 6) is -5.55. The number of aromatic hydroxyl groups is 1. The Labute approximate surface area is 166 Å². The first-order valence-corrected chi connectivity index (χ1v) is 7.17. The van der Waals surface area contributed by atoms with Crippen LogP contribution in [0.5, 0.6) is 5.88 Å². The molecule has 2 fully saturated rings. The van der Waals surface area contributed by atoms with Gasteiger partial charge in [0.25, 0.3) is 5.56 Å². The quantitative estimate of drug-likeness (QED) is 0.122. The van der Waals surface area contributed by atoms with Gasteiger partial charge in [0.1, 0.15) is 6.42 Å². The van der Waals surface area contributed by atoms with Gasteiger partial charge < -0.3 is 10.6 Å². The van der Waals surface area contributed by atoms with Crippen LogP contribution in [0.25, 0.3) is 0 Å². The minimum atomic E-state index is -1.25. The number of carbonyl (C=O) groups is 7. The summed E-state index contributed by atoms with van der Waals surface area (Å²) in [6.07, 6.45) is -0.258. The Morgan fingerprint density at radius 2 is 1.16 bits per heavy atom. The number of H-pyrrole nitrogens is 2. The van der Waals surface area contributed by atoms with Crippen LogP contribution in [0.3, 0.4) is 0 Å². The fraction of sp³-hybridized carbons (Fsp3) is 0.0833. The third-order valence-electron chi connectivity index (χ3n) is 2.68. The number of nitrogens with zero attached hydrogens (tertiary/aromatic N) is 1. The van der Waals surface area contributed by atoms with E-state index in [0.29, 0.717) is 0 Å². The number of Topliss-reactive ketones (excluding diaryl/α,β-unsaturated/α-hetero) is 1. The molecule has 2 aliphatic rings. The van der Waals surface area contributed by atoms with Gasteiger partial charge in [-0.2, -0.15) is 0 Å². The molecule has 9 N–H and O–H groups in total. The molecule has 8 amide bonds. The normalized spacial score (nSPS) is 14.8. The van der Waals surface area contributed by atoms with Gasteiger partial charge in [-0.3, -0.25) is 60.0 Å². The summed E-state index contributed by atoms with van der Waals surface area (Å²) in [4.78, 5) is 106. The van der Waals surface area contributed by atoms with Crippen molar-refractivity contribution < 1.29 is 44.1 Å². The smallest absolute Gasteiger partial charge is 0.328 e. The van der Waals surface area contributed by atoms with Crippen molar-refractivity contribution in [2.24, 2.45) is 5.18 Å². The van der Waals surface area contributed by atoms with Crippen molar-refractivity contribution in [3.05, 3.63) is 25.7 Å². The number of imide groups is 4. The largest absolute Gasteiger partial charge is 0.493 e. The van der Waals surface area contributed by atoms with E-state index in [2.05, 4.69) is 5.18 Å². The number of aromatic amines is 2. The van der Waals surface area contributed by atoms with Crippen molar-refractivity contribution >= 4 is 47.2 Å². The third-order valence-corrected chi connectivity index (χ3v) is 2.68. The van der Waals surface area contributed by atoms with Crippen molar-refractivity contribution in [3.8, 4) is 5.88 Å². The second kappa shape index (κ2) is 11.1. The summed E-state index contributed by atoms with van der Waals surface area (Å²) in [5.41, 5.74) is -2.63. The molecule has 0 spiro atoms. The van der Waals surface area contributed by atoms with Gasteiger partial charge in [-0.15, -0.1) is 4.91 Å². The van der Waals surface area contributed by atoms with E-state index in [9.17, 15) is 48.1 Å². The molecule has 3 heterocycles. The minimum absolute atomic E-state index is 0. The summed E-state index contributed by atoms with van der Waals surface area (Å²) in [7, 11) is 0. The van der Waals surface area contributed by atoms with Gasteiger partial charge >= 0.3 is 35.3 Å². The number of hydrogen-bond acceptors (Lipinski definition) is 12. The molecule has 0 aromatic carbocycles. The van der Waals surface area contributed by atoms with Crippen LogP contribution in [0, 0.1) is 4.91 Å². The summed E-state index contributed by atoms with van der Waals surface area (Å²) in [6.45, 7) is 0. The standard InChI is InChI=1S/C4H3N3O4.C4H2N2O4.C4H4N2O3.H2O/c8-2-1(7-11)3(9)6-4(10)5-2;7-1-2(8)5-4(10)6-3(1)9;7-2-1-3(8)6-4(9)5-2;/h(H3,5,6,8,9,10);(H2,5,6,8,9,10);1H2,(H2,5,6,7,8,9);1H2. The number of hydrogen-bond donors (Lipinski definition) is 7. The lowest BCUT2D eigenvalue weighted by molar-refractivity contribution is -0.146. The van der Waals surface area contributed by atoms with Gasteiger partial charge in [-0.1, -0.05) is 0 Å². The number of carbonyl (C=O) groups excluding carboxylic acids is 7. The van der Waals surface area contributed by atoms with Crippen molar-refractivity contribution in [1.29, 1.82) is 0 Å². The average Bonchev–Trinajstić information content (AvgIpc) is 2.59. The van der Waals surface area contributed by atoms with Gasteiger partial charge in [-0.25, -0.2) is 14.4 Å². The highest BCUT2D eigenvalue weighted by atomic mass is 16.3. The zero-order valence-electron chi connectivity index (χ0n) is 14.7. The van der Waals surface area contributed by atoms with Crippen LogP contribution >= 0.6 is 0 Å². The lowest BCUT2D eigenvalue weighted by Crippen LogP contribution is -2.56. The van der Waals surface area contributed by atoms with Crippen LogP contribution < -0.4 is 32.5 Å². The summed E-state index contributed by atoms with van der Waals surface area (Å²) in [5, 5.41) is 17.9. The molecule has 3 rings (SSSR count). The number of aromatic nitrogens is 2. The Kier molecular flexibility index (Phi) is 9.25. The van der Waals surface area contributed by atoms with Gasteiger partial charge in [0.15, 0.2) is 0 Å². The van der Waals surface area contributed by atoms with E-state index >= 15 is 0 Å². The van der Waals surface area contributed by atoms with Crippen LogP contribution in [0.15, 0.2) is 14.8 Å². The van der Waals surface area contributed by atoms with Gasteiger partial charge in [0.2, 0.25) is 23.4 Å². The number of nitrogens with one attached hydrogen (secondary N) is 6. The van der Waals surface area contributed by atoms with E-state index in [1.54, 1.807) is 20.6 Å². The summed E-state index contributed by atoms with van der Waals surface area (Å²) in [6, 6.07) is -1.70. The highest BCUT2D eigenvalue weighted by Gasteiger charge is 2.31. The molecule has 0 aliphatic carbocycles. The number of amides is 8. The lowest BCUT2D eigenvalue weighted by atomic mass is 10.3. The Morgan fingerprint density at radius 1 is 0.710 bits per heavy atom. The number of nitroso groups, excluding NO2 is 1. The molecule has 0 radical (unpaired) electrons. The third kappa shape index (κ3) is 7.82. The molecule has 1 aromatic heterocycles. The second-order valence-corrected chi connectivity index (χ2v) is 4.87. The number of urea groups is 2. The Morgan fingerprint density at radius 3 is 1.55 bits per heavy atom. The molecule has 19 heteroatoms. The van der Waals surface area contributed by atoms with Crippen LogP contribution in [0.2, 0.25) is 0 Å². The lowest BCUT2D eigenvalue weighted by Gasteiger charge is -2.09. The molecule has 1 aromatic rings. The monoisotopic (exact) mass is 445 g/mol. The maximum absolute atomic E-state index is 10.6. The van der Waals surface area contributed by atoms with Crippen LogP contribution in [-0.4, -0.2) is 62.0 Å². The SMILES string of the molecule is O.O=C1CC(=O)NC(=O)N1.O=C1NC(=O)C(=O)C(=O)N1.O=Nc1c(O)[nH]c(=O)[nH]c1=O. The Bertz CT molecular complexity index is 1020. The summed E-state index contributed by atoms with van der Waals surface area (Å²) >= 11 is 0. The molecule has 0 unspecified atom stereocenters. The topological polar surface area (TPSA) is 314 Å². The second-order valence-electron chi connectivity index (χ2n) is 4.87. The predicted octanol–water partition coefficient (Wildman–Crippen LogP) is -4.99. The van der Waals surface area contributed by atoms with E-state index in [4.69, 9.17) is 5.11 Å². The molecule has 19 nitrogen and oxygen atoms in total. The van der Waals surface area contributed by atoms with Crippen molar-refractivity contribution in [2.45, 2.75) is 6.42 Å². The molecule has 0 saturated carbocycles. The molecule has 166 valence electrons. The van der Waals surface area contributed by atoms with Crippen molar-refractivity contribution in [1.82, 2.24) is 31.2 Å². The number of barbiturate groups is 2. The van der Waals surface area contributed by atoms with Crippen LogP contribution in [0.4, 0.5) is 15.3 Å². The highest BCUT2D eigenvalue weighted by molar-refractivity contribution is 6.66. The Hall–Kier alpha value is -5.07. The maximum atomic E-state index is 10.6. The molecule has 31 heavy (non-hydrogen) atoms. The number of rotatable bonds is 1. The minimum Gasteiger partial charge on any atom is -0.493 e. The zero-order chi connectivity index (χ0) is 23.0. The van der Waals surface area contributed by atoms with Crippen molar-refractivity contribution in [3.63, 3.8) is 0 Å². The zero-order valence-corrected chi connectivity index (χ0v) is 14.7. The van der Waals surface area contributed by atoms with E-state index in [1.165, 1.54) is 0 Å². The van der Waals surface area contributed by atoms with E-state index < -0.39 is 64.3 Å². The maximum Gasteiger partial charge on any atom is 0.328 e. The molecule has 0 atom stereocenters. The molecular weight excluding hydrogens is 434 g/mol. The number of ketones is 1. The average molecular weight is 445 g/mol. The van der Waals surface area contributed by atoms with Crippen molar-refractivity contribution in [2.75, 3.05) is 0 Å². The van der Waals surface area contributed by atoms with Gasteiger partial charge in [0, 0.05) is 0 Å². The Balaban J connectivity index is 0.000000431. The molecular formula is C12H11N7O12. The van der Waals surface area contributed by atoms with Gasteiger partial charge in [0.05, 0.1) is 0 Å². The fourth-order valence-electron chi connectivity index (χ4n) is 1.53.